The number of hydrogen-bond acceptors (Lipinski definition) is 5. The van der Waals surface area contributed by atoms with Crippen molar-refractivity contribution >= 4 is 17.3 Å². The fourth-order valence-electron chi connectivity index (χ4n) is 1.70. The molecule has 0 aliphatic rings. The minimum atomic E-state index is -0.875. The maximum Gasteiger partial charge on any atom is 0.345 e. The lowest BCUT2D eigenvalue weighted by Gasteiger charge is -2.01. The summed E-state index contributed by atoms with van der Waals surface area (Å²) in [5.41, 5.74) is 1.00. The SMILES string of the molecule is CCc1cnc(CNCc2cc(C(=O)O)sc2C)o1. The average molecular weight is 280 g/mol. The van der Waals surface area contributed by atoms with Crippen LogP contribution in [0.5, 0.6) is 0 Å². The van der Waals surface area contributed by atoms with Crippen molar-refractivity contribution in [3.8, 4) is 0 Å². The van der Waals surface area contributed by atoms with Gasteiger partial charge in [-0.1, -0.05) is 6.92 Å². The van der Waals surface area contributed by atoms with Crippen molar-refractivity contribution in [1.82, 2.24) is 10.3 Å². The fraction of sp³-hybridized carbons (Fsp3) is 0.385. The van der Waals surface area contributed by atoms with E-state index in [1.807, 2.05) is 13.8 Å². The lowest BCUT2D eigenvalue weighted by molar-refractivity contribution is 0.0702. The smallest absolute Gasteiger partial charge is 0.345 e. The van der Waals surface area contributed by atoms with E-state index in [1.54, 1.807) is 12.3 Å². The van der Waals surface area contributed by atoms with Gasteiger partial charge in [0.25, 0.3) is 0 Å². The normalized spacial score (nSPS) is 10.8. The van der Waals surface area contributed by atoms with Crippen LogP contribution in [0.1, 0.15) is 38.7 Å². The molecule has 102 valence electrons. The number of oxazole rings is 1. The van der Waals surface area contributed by atoms with Crippen LogP contribution in [0.25, 0.3) is 0 Å². The van der Waals surface area contributed by atoms with Gasteiger partial charge < -0.3 is 14.8 Å². The molecule has 0 radical (unpaired) electrons. The molecule has 0 spiro atoms. The monoisotopic (exact) mass is 280 g/mol. The molecule has 0 aromatic carbocycles. The van der Waals surface area contributed by atoms with Crippen LogP contribution in [0, 0.1) is 6.92 Å². The molecule has 2 N–H and O–H groups in total. The lowest BCUT2D eigenvalue weighted by Crippen LogP contribution is -2.13. The third-order valence-corrected chi connectivity index (χ3v) is 3.85. The minimum absolute atomic E-state index is 0.374. The minimum Gasteiger partial charge on any atom is -0.477 e. The Morgan fingerprint density at radius 2 is 2.32 bits per heavy atom. The number of aromatic nitrogens is 1. The second kappa shape index (κ2) is 5.99. The molecule has 2 aromatic rings. The van der Waals surface area contributed by atoms with E-state index in [9.17, 15) is 4.79 Å². The number of hydrogen-bond donors (Lipinski definition) is 2. The molecule has 0 saturated heterocycles. The van der Waals surface area contributed by atoms with E-state index in [-0.39, 0.29) is 0 Å². The number of carbonyl (C=O) groups is 1. The highest BCUT2D eigenvalue weighted by Gasteiger charge is 2.11. The molecule has 6 heteroatoms. The Kier molecular flexibility index (Phi) is 4.34. The van der Waals surface area contributed by atoms with Crippen molar-refractivity contribution in [1.29, 1.82) is 0 Å². The Hall–Kier alpha value is -1.66. The van der Waals surface area contributed by atoms with Crippen LogP contribution >= 0.6 is 11.3 Å². The van der Waals surface area contributed by atoms with Crippen molar-refractivity contribution in [3.05, 3.63) is 39.2 Å². The van der Waals surface area contributed by atoms with Crippen LogP contribution in [-0.2, 0) is 19.5 Å². The molecule has 0 saturated carbocycles. The van der Waals surface area contributed by atoms with Crippen molar-refractivity contribution in [2.75, 3.05) is 0 Å². The van der Waals surface area contributed by atoms with Crippen LogP contribution in [0.3, 0.4) is 0 Å². The summed E-state index contributed by atoms with van der Waals surface area (Å²) in [5.74, 6) is 0.652. The maximum absolute atomic E-state index is 10.9. The number of nitrogens with zero attached hydrogens (tertiary/aromatic N) is 1. The summed E-state index contributed by atoms with van der Waals surface area (Å²) in [4.78, 5) is 16.4. The summed E-state index contributed by atoms with van der Waals surface area (Å²) in [6.45, 7) is 5.09. The average Bonchev–Trinajstić information content (AvgIpc) is 2.97. The fourth-order valence-corrected chi connectivity index (χ4v) is 2.58. The third-order valence-electron chi connectivity index (χ3n) is 2.77. The first-order valence-electron chi connectivity index (χ1n) is 6.07. The van der Waals surface area contributed by atoms with Crippen LogP contribution in [0.15, 0.2) is 16.7 Å². The molecule has 0 fully saturated rings. The van der Waals surface area contributed by atoms with E-state index >= 15 is 0 Å². The zero-order valence-electron chi connectivity index (χ0n) is 10.9. The van der Waals surface area contributed by atoms with Crippen LogP contribution in [-0.4, -0.2) is 16.1 Å². The number of carboxylic acid groups (broad SMARTS) is 1. The summed E-state index contributed by atoms with van der Waals surface area (Å²) in [6.07, 6.45) is 2.56. The Morgan fingerprint density at radius 1 is 1.53 bits per heavy atom. The molecule has 0 unspecified atom stereocenters. The first-order valence-corrected chi connectivity index (χ1v) is 6.88. The summed E-state index contributed by atoms with van der Waals surface area (Å²) in [6, 6.07) is 1.71. The van der Waals surface area contributed by atoms with Gasteiger partial charge in [-0.15, -0.1) is 11.3 Å². The highest BCUT2D eigenvalue weighted by atomic mass is 32.1. The predicted molar refractivity (Wildman–Crippen MR) is 72.4 cm³/mol. The highest BCUT2D eigenvalue weighted by molar-refractivity contribution is 7.14. The summed E-state index contributed by atoms with van der Waals surface area (Å²) < 4.78 is 5.48. The van der Waals surface area contributed by atoms with Gasteiger partial charge in [-0.05, 0) is 18.6 Å². The van der Waals surface area contributed by atoms with Crippen molar-refractivity contribution in [2.24, 2.45) is 0 Å². The predicted octanol–water partition coefficient (Wildman–Crippen LogP) is 2.59. The van der Waals surface area contributed by atoms with Crippen LogP contribution < -0.4 is 5.32 Å². The zero-order chi connectivity index (χ0) is 13.8. The van der Waals surface area contributed by atoms with Gasteiger partial charge in [0.05, 0.1) is 12.7 Å². The molecular weight excluding hydrogens is 264 g/mol. The Balaban J connectivity index is 1.90. The number of thiophene rings is 1. The topological polar surface area (TPSA) is 75.4 Å². The summed E-state index contributed by atoms with van der Waals surface area (Å²) >= 11 is 1.30. The first kappa shape index (κ1) is 13.8. The summed E-state index contributed by atoms with van der Waals surface area (Å²) in [5, 5.41) is 12.1. The number of carboxylic acids is 1. The number of nitrogens with one attached hydrogen (secondary N) is 1. The first-order chi connectivity index (χ1) is 9.10. The van der Waals surface area contributed by atoms with Gasteiger partial charge >= 0.3 is 5.97 Å². The number of aromatic carboxylic acids is 1. The van der Waals surface area contributed by atoms with Gasteiger partial charge in [-0.25, -0.2) is 9.78 Å². The molecule has 0 atom stereocenters. The Bertz CT molecular complexity index is 574. The quantitative estimate of drug-likeness (QED) is 0.850. The van der Waals surface area contributed by atoms with Gasteiger partial charge in [-0.2, -0.15) is 0 Å². The molecule has 19 heavy (non-hydrogen) atoms. The van der Waals surface area contributed by atoms with Gasteiger partial charge in [-0.3, -0.25) is 0 Å². The molecule has 2 aromatic heterocycles. The van der Waals surface area contributed by atoms with Gasteiger partial charge in [0.15, 0.2) is 0 Å². The van der Waals surface area contributed by atoms with Crippen molar-refractivity contribution in [2.45, 2.75) is 33.4 Å². The van der Waals surface area contributed by atoms with Crippen molar-refractivity contribution < 1.29 is 14.3 Å². The Morgan fingerprint density at radius 3 is 2.89 bits per heavy atom. The van der Waals surface area contributed by atoms with E-state index < -0.39 is 5.97 Å². The van der Waals surface area contributed by atoms with E-state index in [0.29, 0.717) is 23.9 Å². The molecule has 0 bridgehead atoms. The molecule has 0 aliphatic carbocycles. The maximum atomic E-state index is 10.9. The van der Waals surface area contributed by atoms with E-state index in [0.717, 1.165) is 22.6 Å². The van der Waals surface area contributed by atoms with Gasteiger partial charge in [0.1, 0.15) is 10.6 Å². The molecule has 2 heterocycles. The van der Waals surface area contributed by atoms with Gasteiger partial charge in [0, 0.05) is 17.8 Å². The summed E-state index contributed by atoms with van der Waals surface area (Å²) in [7, 11) is 0. The largest absolute Gasteiger partial charge is 0.477 e. The molecular formula is C13H16N2O3S. The van der Waals surface area contributed by atoms with E-state index in [4.69, 9.17) is 9.52 Å². The third kappa shape index (κ3) is 3.42. The highest BCUT2D eigenvalue weighted by Crippen LogP contribution is 2.21. The van der Waals surface area contributed by atoms with E-state index in [2.05, 4.69) is 10.3 Å². The molecule has 5 nitrogen and oxygen atoms in total. The lowest BCUT2D eigenvalue weighted by atomic mass is 10.2. The van der Waals surface area contributed by atoms with E-state index in [1.165, 1.54) is 11.3 Å². The standard InChI is InChI=1S/C13H16N2O3S/c1-3-10-6-15-12(18-10)7-14-5-9-4-11(13(16)17)19-8(9)2/h4,6,14H,3,5,7H2,1-2H3,(H,16,17). The van der Waals surface area contributed by atoms with Crippen molar-refractivity contribution in [3.63, 3.8) is 0 Å². The molecule has 2 rings (SSSR count). The second-order valence-electron chi connectivity index (χ2n) is 4.17. The molecule has 0 aliphatic heterocycles. The number of rotatable bonds is 6. The van der Waals surface area contributed by atoms with Gasteiger partial charge in [0.2, 0.25) is 5.89 Å². The second-order valence-corrected chi connectivity index (χ2v) is 5.43. The van der Waals surface area contributed by atoms with Crippen LogP contribution in [0.2, 0.25) is 0 Å². The zero-order valence-corrected chi connectivity index (χ0v) is 11.7. The number of aryl methyl sites for hydroxylation is 2. The van der Waals surface area contributed by atoms with Crippen LogP contribution in [0.4, 0.5) is 0 Å². The molecule has 0 amide bonds. The Labute approximate surface area is 115 Å².